The van der Waals surface area contributed by atoms with Crippen LogP contribution in [0.3, 0.4) is 0 Å². The number of alkyl halides is 3. The molecule has 1 aliphatic rings. The van der Waals surface area contributed by atoms with Gasteiger partial charge in [-0.05, 0) is 37.1 Å². The van der Waals surface area contributed by atoms with Crippen molar-refractivity contribution in [2.24, 2.45) is 0 Å². The summed E-state index contributed by atoms with van der Waals surface area (Å²) in [6.07, 6.45) is -2.76. The molecule has 2 atom stereocenters. The summed E-state index contributed by atoms with van der Waals surface area (Å²) in [5, 5.41) is 5.61. The molecule has 1 heterocycles. The molecule has 0 saturated carbocycles. The summed E-state index contributed by atoms with van der Waals surface area (Å²) in [5.74, 6) is -0.622. The molecule has 1 aliphatic heterocycles. The Bertz CT molecular complexity index is 774. The van der Waals surface area contributed by atoms with Gasteiger partial charge in [0.25, 0.3) is 5.91 Å². The zero-order valence-electron chi connectivity index (χ0n) is 13.8. The fourth-order valence-electron chi connectivity index (χ4n) is 3.22. The van der Waals surface area contributed by atoms with Crippen LogP contribution in [0, 0.1) is 0 Å². The van der Waals surface area contributed by atoms with Crippen molar-refractivity contribution in [3.8, 4) is 0 Å². The Labute approximate surface area is 154 Å². The second-order valence-corrected chi connectivity index (χ2v) is 6.61. The summed E-state index contributed by atoms with van der Waals surface area (Å²) < 4.78 is 39.1. The topological polar surface area (TPSA) is 41.1 Å². The van der Waals surface area contributed by atoms with Crippen LogP contribution in [0.15, 0.2) is 48.5 Å². The first kappa shape index (κ1) is 18.7. The van der Waals surface area contributed by atoms with Crippen LogP contribution in [0.25, 0.3) is 0 Å². The van der Waals surface area contributed by atoms with E-state index in [1.54, 1.807) is 0 Å². The lowest BCUT2D eigenvalue weighted by atomic mass is 9.97. The van der Waals surface area contributed by atoms with Crippen molar-refractivity contribution in [2.45, 2.75) is 31.1 Å². The fourth-order valence-corrected chi connectivity index (χ4v) is 3.54. The van der Waals surface area contributed by atoms with Crippen LogP contribution in [-0.2, 0) is 6.18 Å². The van der Waals surface area contributed by atoms with Gasteiger partial charge in [-0.1, -0.05) is 48.0 Å². The first-order valence-electron chi connectivity index (χ1n) is 8.33. The molecule has 1 fully saturated rings. The summed E-state index contributed by atoms with van der Waals surface area (Å²) in [6.45, 7) is 0.841. The van der Waals surface area contributed by atoms with Crippen LogP contribution in [0.1, 0.15) is 40.4 Å². The smallest absolute Gasteiger partial charge is 0.344 e. The molecule has 0 spiro atoms. The van der Waals surface area contributed by atoms with E-state index in [-0.39, 0.29) is 17.6 Å². The summed E-state index contributed by atoms with van der Waals surface area (Å²) in [5.41, 5.74) is -0.300. The van der Waals surface area contributed by atoms with Gasteiger partial charge in [-0.15, -0.1) is 0 Å². The average Bonchev–Trinajstić information content (AvgIpc) is 3.13. The van der Waals surface area contributed by atoms with E-state index in [1.165, 1.54) is 12.1 Å². The molecule has 3 nitrogen and oxygen atoms in total. The zero-order chi connectivity index (χ0) is 18.7. The van der Waals surface area contributed by atoms with E-state index in [2.05, 4.69) is 10.6 Å². The largest absolute Gasteiger partial charge is 0.417 e. The second-order valence-electron chi connectivity index (χ2n) is 6.23. The van der Waals surface area contributed by atoms with Crippen molar-refractivity contribution >= 4 is 17.5 Å². The van der Waals surface area contributed by atoms with Crippen LogP contribution in [0.4, 0.5) is 13.2 Å². The quantitative estimate of drug-likeness (QED) is 0.812. The van der Waals surface area contributed by atoms with Crippen molar-refractivity contribution in [1.82, 2.24) is 10.6 Å². The predicted molar refractivity (Wildman–Crippen MR) is 94.1 cm³/mol. The van der Waals surface area contributed by atoms with Crippen LogP contribution in [0.2, 0.25) is 5.02 Å². The van der Waals surface area contributed by atoms with Gasteiger partial charge in [-0.2, -0.15) is 13.2 Å². The molecular weight excluding hydrogens is 365 g/mol. The highest BCUT2D eigenvalue weighted by molar-refractivity contribution is 6.34. The molecule has 7 heteroatoms. The number of hydrogen-bond donors (Lipinski definition) is 2. The molecule has 3 rings (SSSR count). The minimum absolute atomic E-state index is 0.0194. The maximum absolute atomic E-state index is 13.0. The molecule has 0 aromatic heterocycles. The van der Waals surface area contributed by atoms with Gasteiger partial charge in [-0.3, -0.25) is 4.79 Å². The number of hydrogen-bond acceptors (Lipinski definition) is 2. The Morgan fingerprint density at radius 3 is 2.50 bits per heavy atom. The standard InChI is InChI=1S/C19H18ClF3N2O/c20-16-13(8-4-9-14(16)19(21,22)23)18(26)25-17(15-10-5-11-24-15)12-6-2-1-3-7-12/h1-4,6-9,15,17,24H,5,10-11H2,(H,25,26). The lowest BCUT2D eigenvalue weighted by Crippen LogP contribution is -2.41. The van der Waals surface area contributed by atoms with Crippen LogP contribution in [0.5, 0.6) is 0 Å². The summed E-state index contributed by atoms with van der Waals surface area (Å²) in [4.78, 5) is 12.7. The van der Waals surface area contributed by atoms with Crippen LogP contribution < -0.4 is 10.6 Å². The minimum Gasteiger partial charge on any atom is -0.344 e. The molecule has 0 radical (unpaired) electrons. The molecule has 1 amide bonds. The molecule has 2 unspecified atom stereocenters. The first-order chi connectivity index (χ1) is 12.4. The van der Waals surface area contributed by atoms with Gasteiger partial charge in [0.05, 0.1) is 22.2 Å². The van der Waals surface area contributed by atoms with Gasteiger partial charge in [0.15, 0.2) is 0 Å². The molecule has 1 saturated heterocycles. The molecule has 0 bridgehead atoms. The zero-order valence-corrected chi connectivity index (χ0v) is 14.6. The monoisotopic (exact) mass is 382 g/mol. The van der Waals surface area contributed by atoms with Gasteiger partial charge in [0.2, 0.25) is 0 Å². The van der Waals surface area contributed by atoms with Gasteiger partial charge in [0.1, 0.15) is 0 Å². The molecule has 2 aromatic carbocycles. The summed E-state index contributed by atoms with van der Waals surface area (Å²) in [6, 6.07) is 12.4. The van der Waals surface area contributed by atoms with Gasteiger partial charge < -0.3 is 10.6 Å². The first-order valence-corrected chi connectivity index (χ1v) is 8.70. The Balaban J connectivity index is 1.89. The van der Waals surface area contributed by atoms with E-state index in [4.69, 9.17) is 11.6 Å². The maximum atomic E-state index is 13.0. The Hall–Kier alpha value is -2.05. The van der Waals surface area contributed by atoms with Crippen molar-refractivity contribution in [3.63, 3.8) is 0 Å². The van der Waals surface area contributed by atoms with E-state index >= 15 is 0 Å². The lowest BCUT2D eigenvalue weighted by molar-refractivity contribution is -0.137. The van der Waals surface area contributed by atoms with Crippen molar-refractivity contribution in [3.05, 3.63) is 70.2 Å². The number of halogens is 4. The lowest BCUT2D eigenvalue weighted by Gasteiger charge is -2.26. The van der Waals surface area contributed by atoms with Gasteiger partial charge >= 0.3 is 6.18 Å². The highest BCUT2D eigenvalue weighted by Crippen LogP contribution is 2.36. The molecular formula is C19H18ClF3N2O. The number of nitrogens with one attached hydrogen (secondary N) is 2. The minimum atomic E-state index is -4.61. The van der Waals surface area contributed by atoms with Crippen molar-refractivity contribution < 1.29 is 18.0 Å². The molecule has 26 heavy (non-hydrogen) atoms. The number of carbonyl (C=O) groups is 1. The van der Waals surface area contributed by atoms with Gasteiger partial charge in [0, 0.05) is 6.04 Å². The number of carbonyl (C=O) groups excluding carboxylic acids is 1. The van der Waals surface area contributed by atoms with E-state index in [1.807, 2.05) is 30.3 Å². The number of amides is 1. The highest BCUT2D eigenvalue weighted by atomic mass is 35.5. The van der Waals surface area contributed by atoms with Crippen molar-refractivity contribution in [2.75, 3.05) is 6.54 Å². The maximum Gasteiger partial charge on any atom is 0.417 e. The highest BCUT2D eigenvalue weighted by Gasteiger charge is 2.35. The van der Waals surface area contributed by atoms with Crippen LogP contribution >= 0.6 is 11.6 Å². The predicted octanol–water partition coefficient (Wildman–Crippen LogP) is 4.58. The normalized spacial score (nSPS) is 18.5. The van der Waals surface area contributed by atoms with E-state index in [0.29, 0.717) is 0 Å². The average molecular weight is 383 g/mol. The summed E-state index contributed by atoms with van der Waals surface area (Å²) >= 11 is 5.88. The Kier molecular flexibility index (Phi) is 5.53. The molecule has 138 valence electrons. The third kappa shape index (κ3) is 4.02. The van der Waals surface area contributed by atoms with E-state index in [9.17, 15) is 18.0 Å². The molecule has 0 aliphatic carbocycles. The third-order valence-electron chi connectivity index (χ3n) is 4.49. The number of rotatable bonds is 4. The Morgan fingerprint density at radius 1 is 1.15 bits per heavy atom. The fraction of sp³-hybridized carbons (Fsp3) is 0.316. The third-order valence-corrected chi connectivity index (χ3v) is 4.90. The molecule has 2 aromatic rings. The van der Waals surface area contributed by atoms with Crippen LogP contribution in [-0.4, -0.2) is 18.5 Å². The van der Waals surface area contributed by atoms with Gasteiger partial charge in [-0.25, -0.2) is 0 Å². The molecule has 2 N–H and O–H groups in total. The van der Waals surface area contributed by atoms with Crippen molar-refractivity contribution in [1.29, 1.82) is 0 Å². The Morgan fingerprint density at radius 2 is 1.88 bits per heavy atom. The van der Waals surface area contributed by atoms with E-state index < -0.39 is 22.7 Å². The summed E-state index contributed by atoms with van der Waals surface area (Å²) in [7, 11) is 0. The number of benzene rings is 2. The second kappa shape index (κ2) is 7.68. The van der Waals surface area contributed by atoms with E-state index in [0.717, 1.165) is 31.0 Å². The SMILES string of the molecule is O=C(NC(c1ccccc1)C1CCCN1)c1cccc(C(F)(F)F)c1Cl.